The second kappa shape index (κ2) is 7.00. The van der Waals surface area contributed by atoms with Crippen LogP contribution in [-0.4, -0.2) is 31.4 Å². The minimum absolute atomic E-state index is 0.0758. The minimum atomic E-state index is -1.09. The Hall–Kier alpha value is -3.64. The molecule has 7 heteroatoms. The van der Waals surface area contributed by atoms with E-state index in [1.54, 1.807) is 47.3 Å². The molecule has 2 N–H and O–H groups in total. The number of H-pyrrole nitrogens is 1. The summed E-state index contributed by atoms with van der Waals surface area (Å²) in [5, 5.41) is 11.3. The summed E-state index contributed by atoms with van der Waals surface area (Å²) < 4.78 is 1.73. The van der Waals surface area contributed by atoms with E-state index in [0.717, 1.165) is 16.6 Å². The Bertz CT molecular complexity index is 1410. The SMILES string of the molecule is O=C1CC=CC=C1c1c(C(=O)O)n(Cc2ccc3nc[nH]c3c2)c2ccc(Cl)cc12. The van der Waals surface area contributed by atoms with E-state index in [2.05, 4.69) is 9.97 Å². The van der Waals surface area contributed by atoms with Gasteiger partial charge in [-0.2, -0.15) is 0 Å². The molecule has 2 aromatic carbocycles. The Morgan fingerprint density at radius 1 is 1.23 bits per heavy atom. The summed E-state index contributed by atoms with van der Waals surface area (Å²) in [6.07, 6.45) is 7.08. The predicted molar refractivity (Wildman–Crippen MR) is 116 cm³/mol. The molecule has 2 aromatic heterocycles. The van der Waals surface area contributed by atoms with Crippen LogP contribution in [0.1, 0.15) is 28.0 Å². The molecule has 5 rings (SSSR count). The molecule has 0 saturated carbocycles. The number of imidazole rings is 1. The quantitative estimate of drug-likeness (QED) is 0.497. The number of nitrogens with zero attached hydrogens (tertiary/aromatic N) is 2. The van der Waals surface area contributed by atoms with Crippen molar-refractivity contribution in [2.45, 2.75) is 13.0 Å². The van der Waals surface area contributed by atoms with Crippen LogP contribution in [0.25, 0.3) is 27.5 Å². The summed E-state index contributed by atoms with van der Waals surface area (Å²) in [6, 6.07) is 11.0. The molecule has 0 atom stereocenters. The number of fused-ring (bicyclic) bond motifs is 2. The largest absolute Gasteiger partial charge is 0.477 e. The first kappa shape index (κ1) is 18.4. The monoisotopic (exact) mass is 417 g/mol. The van der Waals surface area contributed by atoms with E-state index in [1.807, 2.05) is 18.2 Å². The van der Waals surface area contributed by atoms with Crippen LogP contribution in [0.5, 0.6) is 0 Å². The molecule has 4 aromatic rings. The number of carbonyl (C=O) groups is 2. The van der Waals surface area contributed by atoms with E-state index in [1.165, 1.54) is 0 Å². The smallest absolute Gasteiger partial charge is 0.353 e. The number of ketones is 1. The third-order valence-corrected chi connectivity index (χ3v) is 5.56. The van der Waals surface area contributed by atoms with Gasteiger partial charge in [0.2, 0.25) is 0 Å². The maximum Gasteiger partial charge on any atom is 0.353 e. The van der Waals surface area contributed by atoms with Gasteiger partial charge in [0.05, 0.1) is 17.4 Å². The summed E-state index contributed by atoms with van der Waals surface area (Å²) in [4.78, 5) is 32.3. The standard InChI is InChI=1S/C23H16ClN3O3/c24-14-6-8-19-16(10-14)21(15-3-1-2-4-20(15)28)22(23(29)30)27(19)11-13-5-7-17-18(9-13)26-12-25-17/h1-3,5-10,12H,4,11H2,(H,25,26)(H,29,30). The van der Waals surface area contributed by atoms with Crippen molar-refractivity contribution in [2.75, 3.05) is 0 Å². The molecule has 0 bridgehead atoms. The number of hydrogen-bond donors (Lipinski definition) is 2. The number of aromatic amines is 1. The highest BCUT2D eigenvalue weighted by atomic mass is 35.5. The minimum Gasteiger partial charge on any atom is -0.477 e. The number of allylic oxidation sites excluding steroid dienone is 4. The third-order valence-electron chi connectivity index (χ3n) is 5.33. The van der Waals surface area contributed by atoms with Crippen molar-refractivity contribution in [1.82, 2.24) is 14.5 Å². The molecule has 0 fully saturated rings. The third kappa shape index (κ3) is 2.93. The fraction of sp³-hybridized carbons (Fsp3) is 0.0870. The van der Waals surface area contributed by atoms with Gasteiger partial charge < -0.3 is 14.7 Å². The number of Topliss-reactive ketones (excluding diaryl/α,β-unsaturated/α-hetero) is 1. The number of carboxylic acid groups (broad SMARTS) is 1. The van der Waals surface area contributed by atoms with Crippen molar-refractivity contribution < 1.29 is 14.7 Å². The van der Waals surface area contributed by atoms with Crippen LogP contribution in [0.3, 0.4) is 0 Å². The second-order valence-electron chi connectivity index (χ2n) is 7.17. The Morgan fingerprint density at radius 3 is 2.90 bits per heavy atom. The lowest BCUT2D eigenvalue weighted by Crippen LogP contribution is -2.13. The fourth-order valence-corrected chi connectivity index (χ4v) is 4.19. The van der Waals surface area contributed by atoms with Gasteiger partial charge in [0.15, 0.2) is 5.78 Å². The van der Waals surface area contributed by atoms with Gasteiger partial charge in [-0.05, 0) is 35.9 Å². The average molecular weight is 418 g/mol. The van der Waals surface area contributed by atoms with Crippen LogP contribution in [0, 0.1) is 0 Å². The fourth-order valence-electron chi connectivity index (χ4n) is 4.01. The summed E-state index contributed by atoms with van der Waals surface area (Å²) in [7, 11) is 0. The molecule has 30 heavy (non-hydrogen) atoms. The number of carbonyl (C=O) groups excluding carboxylic acids is 1. The van der Waals surface area contributed by atoms with Crippen LogP contribution < -0.4 is 0 Å². The van der Waals surface area contributed by atoms with Crippen molar-refractivity contribution in [2.24, 2.45) is 0 Å². The molecule has 1 aliphatic carbocycles. The molecule has 6 nitrogen and oxygen atoms in total. The van der Waals surface area contributed by atoms with Gasteiger partial charge in [-0.15, -0.1) is 0 Å². The number of aromatic nitrogens is 3. The summed E-state index contributed by atoms with van der Waals surface area (Å²) in [5.74, 6) is -1.21. The molecular weight excluding hydrogens is 402 g/mol. The highest BCUT2D eigenvalue weighted by Crippen LogP contribution is 2.36. The number of hydrogen-bond acceptors (Lipinski definition) is 3. The zero-order valence-electron chi connectivity index (χ0n) is 15.7. The summed E-state index contributed by atoms with van der Waals surface area (Å²) in [6.45, 7) is 0.325. The molecule has 148 valence electrons. The molecule has 0 aliphatic heterocycles. The molecule has 2 heterocycles. The van der Waals surface area contributed by atoms with Crippen LogP contribution in [0.2, 0.25) is 5.02 Å². The number of aromatic carboxylic acids is 1. The van der Waals surface area contributed by atoms with E-state index >= 15 is 0 Å². The highest BCUT2D eigenvalue weighted by molar-refractivity contribution is 6.32. The van der Waals surface area contributed by atoms with Gasteiger partial charge in [0, 0.05) is 40.0 Å². The van der Waals surface area contributed by atoms with E-state index in [0.29, 0.717) is 33.6 Å². The average Bonchev–Trinajstić information content (AvgIpc) is 3.30. The molecular formula is C23H16ClN3O3. The first-order chi connectivity index (χ1) is 14.5. The lowest BCUT2D eigenvalue weighted by molar-refractivity contribution is -0.113. The summed E-state index contributed by atoms with van der Waals surface area (Å²) >= 11 is 6.23. The van der Waals surface area contributed by atoms with Crippen LogP contribution in [0.4, 0.5) is 0 Å². The number of nitrogens with one attached hydrogen (secondary N) is 1. The van der Waals surface area contributed by atoms with Crippen LogP contribution in [-0.2, 0) is 11.3 Å². The maximum absolute atomic E-state index is 12.6. The normalized spacial score (nSPS) is 13.9. The molecule has 0 unspecified atom stereocenters. The molecule has 1 aliphatic rings. The Kier molecular flexibility index (Phi) is 4.29. The Labute approximate surface area is 176 Å². The van der Waals surface area contributed by atoms with Gasteiger partial charge in [-0.3, -0.25) is 4.79 Å². The maximum atomic E-state index is 12.6. The molecule has 0 saturated heterocycles. The topological polar surface area (TPSA) is 88.0 Å². The zero-order valence-corrected chi connectivity index (χ0v) is 16.5. The van der Waals surface area contributed by atoms with Crippen molar-refractivity contribution in [3.05, 3.63) is 82.8 Å². The van der Waals surface area contributed by atoms with Gasteiger partial charge in [0.1, 0.15) is 5.69 Å². The molecule has 0 radical (unpaired) electrons. The Balaban J connectivity index is 1.77. The van der Waals surface area contributed by atoms with E-state index in [9.17, 15) is 14.7 Å². The van der Waals surface area contributed by atoms with Crippen molar-refractivity contribution in [3.63, 3.8) is 0 Å². The van der Waals surface area contributed by atoms with E-state index in [4.69, 9.17) is 11.6 Å². The summed E-state index contributed by atoms with van der Waals surface area (Å²) in [5.41, 5.74) is 4.22. The van der Waals surface area contributed by atoms with E-state index < -0.39 is 5.97 Å². The molecule has 0 spiro atoms. The van der Waals surface area contributed by atoms with Crippen molar-refractivity contribution in [1.29, 1.82) is 0 Å². The van der Waals surface area contributed by atoms with Gasteiger partial charge in [0.25, 0.3) is 0 Å². The van der Waals surface area contributed by atoms with Gasteiger partial charge >= 0.3 is 5.97 Å². The van der Waals surface area contributed by atoms with Crippen molar-refractivity contribution in [3.8, 4) is 0 Å². The van der Waals surface area contributed by atoms with Crippen LogP contribution in [0.15, 0.2) is 61.0 Å². The second-order valence-corrected chi connectivity index (χ2v) is 7.60. The predicted octanol–water partition coefficient (Wildman–Crippen LogP) is 4.83. The highest BCUT2D eigenvalue weighted by Gasteiger charge is 2.28. The number of halogens is 1. The Morgan fingerprint density at radius 2 is 2.10 bits per heavy atom. The lowest BCUT2D eigenvalue weighted by atomic mass is 9.93. The van der Waals surface area contributed by atoms with Gasteiger partial charge in [-0.1, -0.05) is 35.9 Å². The van der Waals surface area contributed by atoms with E-state index in [-0.39, 0.29) is 17.9 Å². The zero-order chi connectivity index (χ0) is 20.8. The number of carboxylic acids is 1. The number of benzene rings is 2. The van der Waals surface area contributed by atoms with Gasteiger partial charge in [-0.25, -0.2) is 9.78 Å². The number of rotatable bonds is 4. The van der Waals surface area contributed by atoms with Crippen molar-refractivity contribution >= 4 is 50.9 Å². The first-order valence-electron chi connectivity index (χ1n) is 9.40. The lowest BCUT2D eigenvalue weighted by Gasteiger charge is -2.11. The molecule has 0 amide bonds. The first-order valence-corrected chi connectivity index (χ1v) is 9.78. The van der Waals surface area contributed by atoms with Crippen LogP contribution >= 0.6 is 11.6 Å².